The maximum absolute atomic E-state index is 11.9. The molecule has 1 amide bonds. The zero-order valence-corrected chi connectivity index (χ0v) is 19.9. The minimum Gasteiger partial charge on any atom is -0.385 e. The average molecular weight is 511 g/mol. The summed E-state index contributed by atoms with van der Waals surface area (Å²) in [6, 6.07) is 0.393. The molecule has 2 aliphatic rings. The Morgan fingerprint density at radius 1 is 1.29 bits per heavy atom. The summed E-state index contributed by atoms with van der Waals surface area (Å²) in [5, 5.41) is 6.95. The summed E-state index contributed by atoms with van der Waals surface area (Å²) in [5.74, 6) is 1.27. The number of piperidine rings is 1. The number of hydrogen-bond donors (Lipinski definition) is 2. The molecule has 2 heterocycles. The number of methoxy groups -OCH3 is 1. The molecule has 0 aromatic rings. The Kier molecular flexibility index (Phi) is 13.0. The number of hydrogen-bond acceptors (Lipinski definition) is 5. The largest absolute Gasteiger partial charge is 0.385 e. The Morgan fingerprint density at radius 2 is 2.04 bits per heavy atom. The van der Waals surface area contributed by atoms with Crippen molar-refractivity contribution in [3.05, 3.63) is 0 Å². The lowest BCUT2D eigenvalue weighted by Gasteiger charge is -2.33. The van der Waals surface area contributed by atoms with Crippen LogP contribution in [0.15, 0.2) is 4.99 Å². The van der Waals surface area contributed by atoms with Gasteiger partial charge in [0, 0.05) is 72.6 Å². The first-order chi connectivity index (χ1) is 13.1. The summed E-state index contributed by atoms with van der Waals surface area (Å²) in [5.41, 5.74) is 0. The van der Waals surface area contributed by atoms with E-state index in [1.165, 1.54) is 0 Å². The lowest BCUT2D eigenvalue weighted by atomic mass is 10.0. The molecule has 0 saturated carbocycles. The Morgan fingerprint density at radius 3 is 2.64 bits per heavy atom. The molecule has 0 radical (unpaired) electrons. The van der Waals surface area contributed by atoms with Gasteiger partial charge in [0.2, 0.25) is 5.91 Å². The van der Waals surface area contributed by atoms with Gasteiger partial charge < -0.3 is 29.9 Å². The number of amides is 1. The van der Waals surface area contributed by atoms with Crippen molar-refractivity contribution in [2.45, 2.75) is 31.7 Å². The first-order valence-electron chi connectivity index (χ1n) is 10.1. The predicted molar refractivity (Wildman–Crippen MR) is 122 cm³/mol. The molecule has 9 heteroatoms. The van der Waals surface area contributed by atoms with Crippen molar-refractivity contribution in [2.75, 3.05) is 73.7 Å². The zero-order chi connectivity index (χ0) is 19.5. The summed E-state index contributed by atoms with van der Waals surface area (Å²) in [7, 11) is 5.27. The Bertz CT molecular complexity index is 464. The van der Waals surface area contributed by atoms with Gasteiger partial charge in [-0.1, -0.05) is 0 Å². The molecule has 0 bridgehead atoms. The third-order valence-corrected chi connectivity index (χ3v) is 5.20. The van der Waals surface area contributed by atoms with Gasteiger partial charge in [-0.05, 0) is 25.7 Å². The number of nitrogens with zero attached hydrogens (tertiary/aromatic N) is 3. The molecule has 8 nitrogen and oxygen atoms in total. The van der Waals surface area contributed by atoms with Crippen LogP contribution in [0.1, 0.15) is 25.7 Å². The van der Waals surface area contributed by atoms with Gasteiger partial charge in [0.1, 0.15) is 6.54 Å². The molecule has 164 valence electrons. The van der Waals surface area contributed by atoms with Crippen LogP contribution in [0.3, 0.4) is 0 Å². The van der Waals surface area contributed by atoms with E-state index in [0.717, 1.165) is 77.6 Å². The molecule has 28 heavy (non-hydrogen) atoms. The predicted octanol–water partition coefficient (Wildman–Crippen LogP) is 0.765. The third-order valence-electron chi connectivity index (χ3n) is 5.20. The highest BCUT2D eigenvalue weighted by molar-refractivity contribution is 14.0. The Balaban J connectivity index is 0.00000392. The molecule has 2 N–H and O–H groups in total. The Hall–Kier alpha value is -0.650. The van der Waals surface area contributed by atoms with Crippen molar-refractivity contribution in [1.29, 1.82) is 0 Å². The second-order valence-electron chi connectivity index (χ2n) is 7.67. The van der Waals surface area contributed by atoms with Crippen molar-refractivity contribution in [3.8, 4) is 0 Å². The minimum atomic E-state index is 0. The molecule has 2 saturated heterocycles. The van der Waals surface area contributed by atoms with Crippen LogP contribution in [-0.4, -0.2) is 101 Å². The fraction of sp³-hybridized carbons (Fsp3) is 0.895. The van der Waals surface area contributed by atoms with Crippen molar-refractivity contribution in [1.82, 2.24) is 20.4 Å². The van der Waals surface area contributed by atoms with Gasteiger partial charge in [-0.2, -0.15) is 0 Å². The van der Waals surface area contributed by atoms with E-state index in [9.17, 15) is 4.79 Å². The van der Waals surface area contributed by atoms with Crippen molar-refractivity contribution in [3.63, 3.8) is 0 Å². The molecule has 0 spiro atoms. The molecule has 2 aliphatic heterocycles. The third kappa shape index (κ3) is 9.71. The zero-order valence-electron chi connectivity index (χ0n) is 17.6. The van der Waals surface area contributed by atoms with Crippen LogP contribution in [0.5, 0.6) is 0 Å². The number of rotatable bonds is 9. The molecule has 1 atom stereocenters. The molecule has 2 rings (SSSR count). The van der Waals surface area contributed by atoms with Crippen molar-refractivity contribution >= 4 is 35.8 Å². The number of ether oxygens (including phenoxy) is 2. The topological polar surface area (TPSA) is 78.4 Å². The van der Waals surface area contributed by atoms with Gasteiger partial charge in [-0.15, -0.1) is 24.0 Å². The fourth-order valence-electron chi connectivity index (χ4n) is 3.35. The van der Waals surface area contributed by atoms with Gasteiger partial charge in [-0.3, -0.25) is 4.79 Å². The quantitative estimate of drug-likeness (QED) is 0.206. The molecule has 1 unspecified atom stereocenters. The molecular weight excluding hydrogens is 473 g/mol. The smallest absolute Gasteiger partial charge is 0.243 e. The van der Waals surface area contributed by atoms with E-state index in [1.54, 1.807) is 26.1 Å². The first-order valence-corrected chi connectivity index (χ1v) is 10.1. The van der Waals surface area contributed by atoms with Crippen molar-refractivity contribution in [2.24, 2.45) is 10.9 Å². The number of guanidine groups is 1. The van der Waals surface area contributed by atoms with E-state index in [0.29, 0.717) is 12.0 Å². The van der Waals surface area contributed by atoms with Gasteiger partial charge in [-0.25, -0.2) is 4.99 Å². The minimum absolute atomic E-state index is 0. The summed E-state index contributed by atoms with van der Waals surface area (Å²) in [6.45, 7) is 6.73. The highest BCUT2D eigenvalue weighted by Gasteiger charge is 2.21. The maximum Gasteiger partial charge on any atom is 0.243 e. The number of likely N-dealkylation sites (N-methyl/N-ethyl adjacent to an activating group) is 1. The Labute approximate surface area is 186 Å². The molecule has 0 aromatic carbocycles. The highest BCUT2D eigenvalue weighted by Crippen LogP contribution is 2.12. The van der Waals surface area contributed by atoms with Gasteiger partial charge >= 0.3 is 0 Å². The summed E-state index contributed by atoms with van der Waals surface area (Å²) < 4.78 is 10.6. The van der Waals surface area contributed by atoms with E-state index >= 15 is 0 Å². The van der Waals surface area contributed by atoms with Gasteiger partial charge in [0.15, 0.2) is 5.96 Å². The second kappa shape index (κ2) is 14.4. The van der Waals surface area contributed by atoms with Gasteiger partial charge in [0.05, 0.1) is 6.61 Å². The number of carbonyl (C=O) groups is 1. The van der Waals surface area contributed by atoms with Crippen LogP contribution in [0.4, 0.5) is 0 Å². The van der Waals surface area contributed by atoms with Crippen LogP contribution < -0.4 is 10.6 Å². The SMILES string of the molecule is COCCCN1CCC(NC(=NCC(=O)N(C)C)NCC2CCOC2)CC1.I. The molecule has 2 fully saturated rings. The summed E-state index contributed by atoms with van der Waals surface area (Å²) in [6.07, 6.45) is 4.33. The van der Waals surface area contributed by atoms with Crippen LogP contribution in [-0.2, 0) is 14.3 Å². The average Bonchev–Trinajstić information content (AvgIpc) is 3.18. The van der Waals surface area contributed by atoms with E-state index < -0.39 is 0 Å². The second-order valence-corrected chi connectivity index (χ2v) is 7.67. The van der Waals surface area contributed by atoms with Crippen LogP contribution in [0.2, 0.25) is 0 Å². The molecule has 0 aliphatic carbocycles. The summed E-state index contributed by atoms with van der Waals surface area (Å²) in [4.78, 5) is 20.5. The standard InChI is InChI=1S/C19H37N5O3.HI/c1-23(2)18(25)14-21-19(20-13-16-7-12-27-15-16)22-17-5-9-24(10-6-17)8-4-11-26-3;/h16-17H,4-15H2,1-3H3,(H2,20,21,22);1H. The number of aliphatic imine (C=N–C) groups is 1. The molecule has 0 aromatic heterocycles. The number of carbonyl (C=O) groups excluding carboxylic acids is 1. The number of halogens is 1. The number of nitrogens with one attached hydrogen (secondary N) is 2. The van der Waals surface area contributed by atoms with Crippen LogP contribution in [0.25, 0.3) is 0 Å². The normalized spacial score (nSPS) is 21.2. The van der Waals surface area contributed by atoms with E-state index in [-0.39, 0.29) is 36.4 Å². The summed E-state index contributed by atoms with van der Waals surface area (Å²) >= 11 is 0. The van der Waals surface area contributed by atoms with Gasteiger partial charge in [0.25, 0.3) is 0 Å². The highest BCUT2D eigenvalue weighted by atomic mass is 127. The molecular formula is C19H38IN5O3. The van der Waals surface area contributed by atoms with E-state index in [2.05, 4.69) is 20.5 Å². The lowest BCUT2D eigenvalue weighted by Crippen LogP contribution is -2.50. The van der Waals surface area contributed by atoms with Crippen molar-refractivity contribution < 1.29 is 14.3 Å². The lowest BCUT2D eigenvalue weighted by molar-refractivity contribution is -0.127. The van der Waals surface area contributed by atoms with Crippen LogP contribution in [0, 0.1) is 5.92 Å². The van der Waals surface area contributed by atoms with E-state index in [1.807, 2.05) is 0 Å². The first kappa shape index (κ1) is 25.4. The number of likely N-dealkylation sites (tertiary alicyclic amines) is 1. The van der Waals surface area contributed by atoms with E-state index in [4.69, 9.17) is 9.47 Å². The monoisotopic (exact) mass is 511 g/mol. The fourth-order valence-corrected chi connectivity index (χ4v) is 3.35. The maximum atomic E-state index is 11.9. The van der Waals surface area contributed by atoms with Crippen LogP contribution >= 0.6 is 24.0 Å².